The van der Waals surface area contributed by atoms with E-state index in [1.807, 2.05) is 0 Å². The first kappa shape index (κ1) is 23.2. The van der Waals surface area contributed by atoms with Gasteiger partial charge in [-0.15, -0.1) is 5.10 Å². The third-order valence-electron chi connectivity index (χ3n) is 4.18. The van der Waals surface area contributed by atoms with Crippen molar-refractivity contribution in [1.29, 1.82) is 0 Å². The normalized spacial score (nSPS) is 13.2. The van der Waals surface area contributed by atoms with Crippen LogP contribution in [0.15, 0.2) is 39.0 Å². The van der Waals surface area contributed by atoms with E-state index in [9.17, 15) is 9.59 Å². The number of aromatic nitrogens is 5. The molecule has 0 saturated carbocycles. The first-order valence-electron chi connectivity index (χ1n) is 9.69. The first-order chi connectivity index (χ1) is 16.5. The molecule has 0 atom stereocenters. The molecule has 0 saturated heterocycles. The van der Waals surface area contributed by atoms with E-state index in [0.29, 0.717) is 22.8 Å². The van der Waals surface area contributed by atoms with E-state index in [-0.39, 0.29) is 23.9 Å². The number of rotatable bonds is 9. The molecule has 2 amide bonds. The summed E-state index contributed by atoms with van der Waals surface area (Å²) in [6.45, 7) is 0.506. The summed E-state index contributed by atoms with van der Waals surface area (Å²) in [6, 6.07) is 6.75. The molecule has 2 aromatic heterocycles. The summed E-state index contributed by atoms with van der Waals surface area (Å²) in [6.07, 6.45) is 1.41. The molecule has 176 valence electrons. The van der Waals surface area contributed by atoms with Gasteiger partial charge in [0.25, 0.3) is 11.8 Å². The minimum Gasteiger partial charge on any atom is -0.484 e. The number of nitrogens with zero attached hydrogens (tertiary/aromatic N) is 7. The molecule has 0 spiro atoms. The molecule has 3 heterocycles. The number of hydrazone groups is 1. The number of benzene rings is 1. The molecule has 4 rings (SSSR count). The molecular weight excluding hydrogens is 484 g/mol. The fraction of sp³-hybridized carbons (Fsp3) is 0.222. The second kappa shape index (κ2) is 10.8. The zero-order valence-electron chi connectivity index (χ0n) is 17.4. The molecule has 3 aromatic rings. The molecule has 34 heavy (non-hydrogen) atoms. The number of primary amides is 1. The molecule has 1 aliphatic heterocycles. The van der Waals surface area contributed by atoms with Gasteiger partial charge in [-0.1, -0.05) is 40.9 Å². The maximum absolute atomic E-state index is 12.8. The summed E-state index contributed by atoms with van der Waals surface area (Å²) in [4.78, 5) is 28.1. The van der Waals surface area contributed by atoms with Gasteiger partial charge in [-0.2, -0.15) is 9.78 Å². The van der Waals surface area contributed by atoms with Crippen LogP contribution >= 0.6 is 23.5 Å². The van der Waals surface area contributed by atoms with Gasteiger partial charge in [0, 0.05) is 11.5 Å². The molecule has 0 bridgehead atoms. The highest BCUT2D eigenvalue weighted by molar-refractivity contribution is 8.38. The van der Waals surface area contributed by atoms with Crippen molar-refractivity contribution in [3.8, 4) is 11.6 Å². The average molecular weight is 503 g/mol. The third kappa shape index (κ3) is 5.70. The topological polar surface area (TPSA) is 202 Å². The lowest BCUT2D eigenvalue weighted by Gasteiger charge is -2.05. The van der Waals surface area contributed by atoms with Crippen LogP contribution in [-0.4, -0.2) is 66.6 Å². The molecule has 5 N–H and O–H groups in total. The van der Waals surface area contributed by atoms with Crippen LogP contribution in [0.4, 0.5) is 5.82 Å². The van der Waals surface area contributed by atoms with Crippen molar-refractivity contribution in [2.45, 2.75) is 5.75 Å². The first-order valence-corrected chi connectivity index (χ1v) is 11.7. The van der Waals surface area contributed by atoms with Crippen molar-refractivity contribution < 1.29 is 19.0 Å². The quantitative estimate of drug-likeness (QED) is 0.266. The monoisotopic (exact) mass is 502 g/mol. The van der Waals surface area contributed by atoms with E-state index in [2.05, 4.69) is 40.8 Å². The van der Waals surface area contributed by atoms with E-state index >= 15 is 0 Å². The van der Waals surface area contributed by atoms with Gasteiger partial charge in [0.05, 0.1) is 18.5 Å². The SMILES string of the molecule is NC(=O)COc1cccc(/C=N\NC(=O)c2nnn(-c3nonc3N)c2CSC2=NCCS2)c1. The van der Waals surface area contributed by atoms with Crippen LogP contribution in [0.1, 0.15) is 21.7 Å². The van der Waals surface area contributed by atoms with Crippen LogP contribution in [0.2, 0.25) is 0 Å². The second-order valence-corrected chi connectivity index (χ2v) is 8.89. The number of ether oxygens (including phenoxy) is 1. The van der Waals surface area contributed by atoms with Gasteiger partial charge >= 0.3 is 0 Å². The van der Waals surface area contributed by atoms with E-state index in [4.69, 9.17) is 16.2 Å². The van der Waals surface area contributed by atoms with Gasteiger partial charge < -0.3 is 16.2 Å². The lowest BCUT2D eigenvalue weighted by molar-refractivity contribution is -0.119. The molecule has 16 heteroatoms. The highest BCUT2D eigenvalue weighted by atomic mass is 32.2. The third-order valence-corrected chi connectivity index (χ3v) is 6.45. The van der Waals surface area contributed by atoms with E-state index in [1.54, 1.807) is 36.0 Å². The highest BCUT2D eigenvalue weighted by Crippen LogP contribution is 2.27. The van der Waals surface area contributed by atoms with Gasteiger partial charge in [-0.25, -0.2) is 10.1 Å². The van der Waals surface area contributed by atoms with E-state index in [0.717, 1.165) is 16.7 Å². The number of amides is 2. The van der Waals surface area contributed by atoms with Crippen molar-refractivity contribution in [3.05, 3.63) is 41.2 Å². The van der Waals surface area contributed by atoms with Crippen molar-refractivity contribution in [1.82, 2.24) is 30.7 Å². The van der Waals surface area contributed by atoms with E-state index in [1.165, 1.54) is 22.7 Å². The molecule has 0 fully saturated rings. The maximum Gasteiger partial charge on any atom is 0.293 e. The summed E-state index contributed by atoms with van der Waals surface area (Å²) in [5, 5.41) is 19.2. The Balaban J connectivity index is 1.49. The molecule has 1 aliphatic rings. The summed E-state index contributed by atoms with van der Waals surface area (Å²) < 4.78 is 12.1. The maximum atomic E-state index is 12.8. The van der Waals surface area contributed by atoms with Crippen LogP contribution in [0.5, 0.6) is 5.75 Å². The lowest BCUT2D eigenvalue weighted by atomic mass is 10.2. The predicted octanol–water partition coefficient (Wildman–Crippen LogP) is 0.196. The molecular formula is C18H18N10O4S2. The van der Waals surface area contributed by atoms with Crippen LogP contribution < -0.4 is 21.6 Å². The van der Waals surface area contributed by atoms with Crippen LogP contribution in [0.3, 0.4) is 0 Å². The minimum atomic E-state index is -0.588. The number of hydrogen-bond donors (Lipinski definition) is 3. The van der Waals surface area contributed by atoms with Crippen molar-refractivity contribution >= 4 is 51.7 Å². The molecule has 0 unspecified atom stereocenters. The van der Waals surface area contributed by atoms with Gasteiger partial charge in [0.2, 0.25) is 11.6 Å². The zero-order chi connectivity index (χ0) is 23.9. The molecule has 14 nitrogen and oxygen atoms in total. The Labute approximate surface area is 200 Å². The van der Waals surface area contributed by atoms with E-state index < -0.39 is 11.8 Å². The fourth-order valence-corrected chi connectivity index (χ4v) is 4.71. The Bertz CT molecular complexity index is 1260. The van der Waals surface area contributed by atoms with Crippen molar-refractivity contribution in [2.75, 3.05) is 24.6 Å². The number of nitrogens with two attached hydrogens (primary N) is 2. The Morgan fingerprint density at radius 1 is 1.38 bits per heavy atom. The fourth-order valence-electron chi connectivity index (χ4n) is 2.71. The van der Waals surface area contributed by atoms with Gasteiger partial charge in [0.1, 0.15) is 10.1 Å². The number of hydrogen-bond acceptors (Lipinski definition) is 13. The highest BCUT2D eigenvalue weighted by Gasteiger charge is 2.24. The van der Waals surface area contributed by atoms with Crippen LogP contribution in [-0.2, 0) is 10.5 Å². The number of aliphatic imine (C=N–C) groups is 1. The summed E-state index contributed by atoms with van der Waals surface area (Å²) in [7, 11) is 0. The molecule has 0 aliphatic carbocycles. The lowest BCUT2D eigenvalue weighted by Crippen LogP contribution is -2.20. The minimum absolute atomic E-state index is 0.00662. The molecule has 0 radical (unpaired) electrons. The standard InChI is InChI=1S/C18H18N10O4S2/c19-13(29)8-31-11-3-1-2-10(6-11)7-22-24-17(30)14-12(9-34-18-21-4-5-33-18)28(27-23-14)16-15(20)25-32-26-16/h1-3,6-7H,4-5,8-9H2,(H2,19,29)(H2,20,25)(H,24,30)/b22-7-. The smallest absolute Gasteiger partial charge is 0.293 e. The zero-order valence-corrected chi connectivity index (χ0v) is 19.1. The van der Waals surface area contributed by atoms with Gasteiger partial charge in [-0.05, 0) is 28.0 Å². The Kier molecular flexibility index (Phi) is 7.38. The Morgan fingerprint density at radius 3 is 3.00 bits per heavy atom. The van der Waals surface area contributed by atoms with Gasteiger partial charge in [0.15, 0.2) is 12.3 Å². The number of thioether (sulfide) groups is 2. The largest absolute Gasteiger partial charge is 0.484 e. The Morgan fingerprint density at radius 2 is 2.26 bits per heavy atom. The second-order valence-electron chi connectivity index (χ2n) is 6.58. The average Bonchev–Trinajstić information content (AvgIpc) is 3.57. The number of nitrogens with one attached hydrogen (secondary N) is 1. The van der Waals surface area contributed by atoms with Crippen LogP contribution in [0, 0.1) is 0 Å². The van der Waals surface area contributed by atoms with Crippen molar-refractivity contribution in [2.24, 2.45) is 15.8 Å². The number of anilines is 1. The summed E-state index contributed by atoms with van der Waals surface area (Å²) >= 11 is 3.08. The number of carbonyl (C=O) groups is 2. The summed E-state index contributed by atoms with van der Waals surface area (Å²) in [5.41, 5.74) is 14.4. The summed E-state index contributed by atoms with van der Waals surface area (Å²) in [5.74, 6) is 0.632. The van der Waals surface area contributed by atoms with Crippen molar-refractivity contribution in [3.63, 3.8) is 0 Å². The van der Waals surface area contributed by atoms with Gasteiger partial charge in [-0.3, -0.25) is 14.6 Å². The van der Waals surface area contributed by atoms with Crippen LogP contribution in [0.25, 0.3) is 5.82 Å². The predicted molar refractivity (Wildman–Crippen MR) is 126 cm³/mol. The number of carbonyl (C=O) groups excluding carboxylic acids is 2. The number of nitrogen functional groups attached to an aromatic ring is 1. The Hall–Kier alpha value is -3.92. The molecule has 1 aromatic carbocycles.